The van der Waals surface area contributed by atoms with Gasteiger partial charge in [-0.05, 0) is 31.7 Å². The zero-order valence-corrected chi connectivity index (χ0v) is 11.4. The van der Waals surface area contributed by atoms with Crippen LogP contribution in [-0.4, -0.2) is 45.5 Å². The molecule has 0 fully saturated rings. The van der Waals surface area contributed by atoms with Crippen LogP contribution in [0.5, 0.6) is 0 Å². The maximum absolute atomic E-state index is 9.04. The highest BCUT2D eigenvalue weighted by Gasteiger charge is 2.27. The SMILES string of the molecule is CO[Si](C)(CCCSCC(C)O)OC. The zero-order chi connectivity index (χ0) is 11.0. The molecule has 0 heterocycles. The summed E-state index contributed by atoms with van der Waals surface area (Å²) in [6.07, 6.45) is 0.899. The Balaban J connectivity index is 3.43. The van der Waals surface area contributed by atoms with Gasteiger partial charge in [-0.15, -0.1) is 0 Å². The number of hydrogen-bond donors (Lipinski definition) is 1. The third-order valence-electron chi connectivity index (χ3n) is 2.14. The predicted molar refractivity (Wildman–Crippen MR) is 64.1 cm³/mol. The zero-order valence-electron chi connectivity index (χ0n) is 9.58. The third-order valence-corrected chi connectivity index (χ3v) is 6.43. The van der Waals surface area contributed by atoms with E-state index in [0.717, 1.165) is 24.0 Å². The van der Waals surface area contributed by atoms with E-state index < -0.39 is 8.56 Å². The number of aliphatic hydroxyl groups excluding tert-OH is 1. The summed E-state index contributed by atoms with van der Waals surface area (Å²) in [5.41, 5.74) is 0. The molecule has 86 valence electrons. The number of rotatable bonds is 8. The highest BCUT2D eigenvalue weighted by molar-refractivity contribution is 7.99. The first kappa shape index (κ1) is 14.4. The summed E-state index contributed by atoms with van der Waals surface area (Å²) >= 11 is 1.78. The van der Waals surface area contributed by atoms with Crippen molar-refractivity contribution in [1.82, 2.24) is 0 Å². The maximum Gasteiger partial charge on any atom is 0.334 e. The summed E-state index contributed by atoms with van der Waals surface area (Å²) < 4.78 is 10.7. The number of aliphatic hydroxyl groups is 1. The van der Waals surface area contributed by atoms with Crippen molar-refractivity contribution in [2.24, 2.45) is 0 Å². The molecule has 1 unspecified atom stereocenters. The van der Waals surface area contributed by atoms with Crippen LogP contribution in [0.1, 0.15) is 13.3 Å². The molecule has 0 aliphatic heterocycles. The minimum atomic E-state index is -1.85. The molecule has 0 spiro atoms. The summed E-state index contributed by atoms with van der Waals surface area (Å²) in [5, 5.41) is 9.04. The second kappa shape index (κ2) is 7.70. The third kappa shape index (κ3) is 6.84. The Morgan fingerprint density at radius 2 is 1.93 bits per heavy atom. The lowest BCUT2D eigenvalue weighted by Crippen LogP contribution is -2.35. The second-order valence-electron chi connectivity index (χ2n) is 3.57. The van der Waals surface area contributed by atoms with Crippen molar-refractivity contribution < 1.29 is 14.0 Å². The van der Waals surface area contributed by atoms with Crippen LogP contribution < -0.4 is 0 Å². The monoisotopic (exact) mass is 238 g/mol. The van der Waals surface area contributed by atoms with Gasteiger partial charge in [-0.3, -0.25) is 0 Å². The van der Waals surface area contributed by atoms with Crippen molar-refractivity contribution in [2.75, 3.05) is 25.7 Å². The molecule has 0 aliphatic carbocycles. The van der Waals surface area contributed by atoms with Gasteiger partial charge in [0, 0.05) is 20.0 Å². The Morgan fingerprint density at radius 1 is 1.36 bits per heavy atom. The van der Waals surface area contributed by atoms with Crippen molar-refractivity contribution in [3.05, 3.63) is 0 Å². The lowest BCUT2D eigenvalue weighted by molar-refractivity contribution is 0.220. The highest BCUT2D eigenvalue weighted by Crippen LogP contribution is 2.16. The maximum atomic E-state index is 9.04. The van der Waals surface area contributed by atoms with Gasteiger partial charge in [0.05, 0.1) is 6.10 Å². The second-order valence-corrected chi connectivity index (χ2v) is 8.30. The van der Waals surface area contributed by atoms with Crippen LogP contribution in [-0.2, 0) is 8.85 Å². The first-order chi connectivity index (χ1) is 6.54. The summed E-state index contributed by atoms with van der Waals surface area (Å²) in [7, 11) is 1.59. The van der Waals surface area contributed by atoms with E-state index in [1.54, 1.807) is 26.0 Å². The van der Waals surface area contributed by atoms with E-state index in [1.165, 1.54) is 0 Å². The van der Waals surface area contributed by atoms with Crippen LogP contribution in [0.25, 0.3) is 0 Å². The van der Waals surface area contributed by atoms with E-state index in [4.69, 9.17) is 14.0 Å². The topological polar surface area (TPSA) is 38.7 Å². The van der Waals surface area contributed by atoms with Gasteiger partial charge in [0.15, 0.2) is 0 Å². The molecule has 0 saturated heterocycles. The van der Waals surface area contributed by atoms with Crippen LogP contribution in [0.4, 0.5) is 0 Å². The molecule has 0 radical (unpaired) electrons. The van der Waals surface area contributed by atoms with Gasteiger partial charge in [-0.25, -0.2) is 0 Å². The van der Waals surface area contributed by atoms with E-state index in [2.05, 4.69) is 6.55 Å². The largest absolute Gasteiger partial charge is 0.398 e. The van der Waals surface area contributed by atoms with Gasteiger partial charge in [-0.2, -0.15) is 11.8 Å². The van der Waals surface area contributed by atoms with Crippen LogP contribution >= 0.6 is 11.8 Å². The molecule has 0 bridgehead atoms. The Kier molecular flexibility index (Phi) is 7.95. The first-order valence-corrected chi connectivity index (χ1v) is 8.58. The molecule has 14 heavy (non-hydrogen) atoms. The molecule has 0 rings (SSSR count). The van der Waals surface area contributed by atoms with Crippen LogP contribution in [0.2, 0.25) is 12.6 Å². The fourth-order valence-corrected chi connectivity index (χ4v) is 3.54. The Morgan fingerprint density at radius 3 is 2.36 bits per heavy atom. The van der Waals surface area contributed by atoms with E-state index in [9.17, 15) is 0 Å². The summed E-state index contributed by atoms with van der Waals surface area (Å²) in [6.45, 7) is 3.89. The molecular weight excluding hydrogens is 216 g/mol. The number of thioether (sulfide) groups is 1. The first-order valence-electron chi connectivity index (χ1n) is 4.90. The van der Waals surface area contributed by atoms with E-state index >= 15 is 0 Å². The van der Waals surface area contributed by atoms with Crippen LogP contribution in [0.15, 0.2) is 0 Å². The smallest absolute Gasteiger partial charge is 0.334 e. The molecule has 0 aromatic heterocycles. The van der Waals surface area contributed by atoms with Gasteiger partial charge >= 0.3 is 8.56 Å². The van der Waals surface area contributed by atoms with Gasteiger partial charge in [0.2, 0.25) is 0 Å². The quantitative estimate of drug-likeness (QED) is 0.517. The van der Waals surface area contributed by atoms with E-state index in [1.807, 2.05) is 6.92 Å². The summed E-state index contributed by atoms with van der Waals surface area (Å²) in [5.74, 6) is 1.89. The molecule has 5 heteroatoms. The van der Waals surface area contributed by atoms with Crippen molar-refractivity contribution in [1.29, 1.82) is 0 Å². The molecule has 1 atom stereocenters. The minimum absolute atomic E-state index is 0.200. The van der Waals surface area contributed by atoms with E-state index in [0.29, 0.717) is 0 Å². The fraction of sp³-hybridized carbons (Fsp3) is 1.00. The molecule has 0 aliphatic rings. The molecule has 1 N–H and O–H groups in total. The van der Waals surface area contributed by atoms with Gasteiger partial charge in [0.1, 0.15) is 0 Å². The normalized spacial score (nSPS) is 14.4. The van der Waals surface area contributed by atoms with E-state index in [-0.39, 0.29) is 6.10 Å². The molecule has 0 saturated carbocycles. The molecular formula is C9H22O3SSi. The van der Waals surface area contributed by atoms with Crippen molar-refractivity contribution in [3.8, 4) is 0 Å². The van der Waals surface area contributed by atoms with Gasteiger partial charge < -0.3 is 14.0 Å². The van der Waals surface area contributed by atoms with Crippen molar-refractivity contribution in [2.45, 2.75) is 32.0 Å². The van der Waals surface area contributed by atoms with Gasteiger partial charge in [0.25, 0.3) is 0 Å². The highest BCUT2D eigenvalue weighted by atomic mass is 32.2. The fourth-order valence-electron chi connectivity index (χ4n) is 1.04. The summed E-state index contributed by atoms with van der Waals surface area (Å²) in [4.78, 5) is 0. The summed E-state index contributed by atoms with van der Waals surface area (Å²) in [6, 6.07) is 1.02. The lowest BCUT2D eigenvalue weighted by Gasteiger charge is -2.22. The van der Waals surface area contributed by atoms with Crippen LogP contribution in [0, 0.1) is 0 Å². The molecule has 0 amide bonds. The van der Waals surface area contributed by atoms with Crippen molar-refractivity contribution >= 4 is 20.3 Å². The molecule has 3 nitrogen and oxygen atoms in total. The minimum Gasteiger partial charge on any atom is -0.398 e. The predicted octanol–water partition coefficient (Wildman–Crippen LogP) is 1.86. The average molecular weight is 238 g/mol. The average Bonchev–Trinajstić information content (AvgIpc) is 2.16. The van der Waals surface area contributed by atoms with Gasteiger partial charge in [-0.1, -0.05) is 0 Å². The standard InChI is InChI=1S/C9H22O3SSi/c1-9(10)8-13-6-5-7-14(4,11-2)12-3/h9-10H,5-8H2,1-4H3. The Hall–Kier alpha value is 0.447. The Bertz CT molecular complexity index is 140. The van der Waals surface area contributed by atoms with Crippen molar-refractivity contribution in [3.63, 3.8) is 0 Å². The molecule has 0 aromatic carbocycles. The number of hydrogen-bond acceptors (Lipinski definition) is 4. The Labute approximate surface area is 92.4 Å². The van der Waals surface area contributed by atoms with Crippen LogP contribution in [0.3, 0.4) is 0 Å². The molecule has 0 aromatic rings. The lowest BCUT2D eigenvalue weighted by atomic mass is 10.5.